The van der Waals surface area contributed by atoms with Gasteiger partial charge >= 0.3 is 0 Å². The number of hydrogen-bond acceptors (Lipinski definition) is 6. The molecule has 1 fully saturated rings. The average molecular weight is 500 g/mol. The summed E-state index contributed by atoms with van der Waals surface area (Å²) in [6, 6.07) is 16.0. The number of nitrogens with zero attached hydrogens (tertiary/aromatic N) is 1. The van der Waals surface area contributed by atoms with Crippen molar-refractivity contribution in [3.8, 4) is 17.2 Å². The molecule has 0 bridgehead atoms. The van der Waals surface area contributed by atoms with E-state index in [9.17, 15) is 14.0 Å². The fourth-order valence-electron chi connectivity index (χ4n) is 3.34. The van der Waals surface area contributed by atoms with Gasteiger partial charge in [-0.3, -0.25) is 9.59 Å². The molecule has 0 radical (unpaired) electrons. The third kappa shape index (κ3) is 4.88. The second kappa shape index (κ2) is 10.2. The van der Waals surface area contributed by atoms with Crippen molar-refractivity contribution in [1.82, 2.24) is 0 Å². The lowest BCUT2D eigenvalue weighted by Gasteiger charge is -2.15. The summed E-state index contributed by atoms with van der Waals surface area (Å²) in [6.07, 6.45) is 1.57. The summed E-state index contributed by atoms with van der Waals surface area (Å²) >= 11 is 7.26. The van der Waals surface area contributed by atoms with Gasteiger partial charge in [0.05, 0.1) is 29.8 Å². The summed E-state index contributed by atoms with van der Waals surface area (Å²) in [4.78, 5) is 26.9. The Bertz CT molecular complexity index is 1280. The maximum atomic E-state index is 13.1. The van der Waals surface area contributed by atoms with Crippen molar-refractivity contribution in [1.29, 1.82) is 0 Å². The van der Waals surface area contributed by atoms with Gasteiger partial charge in [-0.2, -0.15) is 0 Å². The Kier molecular flexibility index (Phi) is 7.09. The molecule has 1 saturated heterocycles. The van der Waals surface area contributed by atoms with Crippen molar-refractivity contribution < 1.29 is 28.2 Å². The number of carbonyl (C=O) groups is 2. The number of methoxy groups -OCH3 is 2. The summed E-state index contributed by atoms with van der Waals surface area (Å²) in [5, 5.41) is -0.172. The third-order valence-electron chi connectivity index (χ3n) is 4.97. The van der Waals surface area contributed by atoms with E-state index in [0.29, 0.717) is 28.5 Å². The Balaban J connectivity index is 1.59. The van der Waals surface area contributed by atoms with E-state index in [0.717, 1.165) is 22.2 Å². The standard InChI is InChI=1S/C25H19ClFNO5S/c1-31-20-6-4-3-5-19(20)28-24(29)22(34-25(28)30)13-16-11-18(26)23(21(12-16)32-2)33-14-15-7-9-17(27)10-8-15/h3-13H,14H2,1-2H3/b22-13-. The topological polar surface area (TPSA) is 65.1 Å². The lowest BCUT2D eigenvalue weighted by molar-refractivity contribution is -0.113. The molecule has 3 aromatic rings. The van der Waals surface area contributed by atoms with E-state index < -0.39 is 11.1 Å². The van der Waals surface area contributed by atoms with Crippen LogP contribution in [-0.4, -0.2) is 25.4 Å². The van der Waals surface area contributed by atoms with Crippen molar-refractivity contribution in [3.63, 3.8) is 0 Å². The first-order valence-corrected chi connectivity index (χ1v) is 11.3. The Hall–Kier alpha value is -3.49. The number of thioether (sulfide) groups is 1. The van der Waals surface area contributed by atoms with Crippen LogP contribution in [0.4, 0.5) is 14.9 Å². The number of imide groups is 1. The maximum absolute atomic E-state index is 13.1. The number of benzene rings is 3. The van der Waals surface area contributed by atoms with E-state index in [1.165, 1.54) is 26.4 Å². The first kappa shape index (κ1) is 23.7. The van der Waals surface area contributed by atoms with Gasteiger partial charge in [0.2, 0.25) is 0 Å². The van der Waals surface area contributed by atoms with Gasteiger partial charge in [-0.25, -0.2) is 9.29 Å². The lowest BCUT2D eigenvalue weighted by atomic mass is 10.1. The highest BCUT2D eigenvalue weighted by atomic mass is 35.5. The molecule has 0 spiro atoms. The molecule has 0 aliphatic carbocycles. The number of hydrogen-bond donors (Lipinski definition) is 0. The van der Waals surface area contributed by atoms with E-state index >= 15 is 0 Å². The van der Waals surface area contributed by atoms with E-state index in [-0.39, 0.29) is 22.4 Å². The maximum Gasteiger partial charge on any atom is 0.298 e. The molecule has 6 nitrogen and oxygen atoms in total. The molecule has 0 unspecified atom stereocenters. The first-order chi connectivity index (χ1) is 16.4. The molecule has 0 atom stereocenters. The fraction of sp³-hybridized carbons (Fsp3) is 0.120. The van der Waals surface area contributed by atoms with Gasteiger partial charge in [0.25, 0.3) is 11.1 Å². The van der Waals surface area contributed by atoms with Gasteiger partial charge in [0, 0.05) is 0 Å². The molecule has 174 valence electrons. The summed E-state index contributed by atoms with van der Waals surface area (Å²) in [5.41, 5.74) is 1.69. The number of rotatable bonds is 7. The molecule has 3 aromatic carbocycles. The monoisotopic (exact) mass is 499 g/mol. The molecule has 0 saturated carbocycles. The molecular weight excluding hydrogens is 481 g/mol. The quantitative estimate of drug-likeness (QED) is 0.355. The molecular formula is C25H19ClFNO5S. The molecule has 1 aliphatic rings. The van der Waals surface area contributed by atoms with Crippen LogP contribution in [0.1, 0.15) is 11.1 Å². The summed E-state index contributed by atoms with van der Waals surface area (Å²) in [6.45, 7) is 0.160. The van der Waals surface area contributed by atoms with Gasteiger partial charge in [0.15, 0.2) is 11.5 Å². The van der Waals surface area contributed by atoms with Gasteiger partial charge in [-0.1, -0.05) is 35.9 Å². The second-order valence-corrected chi connectivity index (χ2v) is 8.54. The third-order valence-corrected chi connectivity index (χ3v) is 6.12. The van der Waals surface area contributed by atoms with Gasteiger partial charge in [0.1, 0.15) is 18.2 Å². The molecule has 9 heteroatoms. The zero-order valence-corrected chi connectivity index (χ0v) is 19.8. The number of amides is 2. The van der Waals surface area contributed by atoms with E-state index in [2.05, 4.69) is 0 Å². The number of anilines is 1. The molecule has 1 heterocycles. The van der Waals surface area contributed by atoms with Crippen LogP contribution < -0.4 is 19.1 Å². The molecule has 0 aromatic heterocycles. The van der Waals surface area contributed by atoms with Crippen LogP contribution in [0.25, 0.3) is 6.08 Å². The highest BCUT2D eigenvalue weighted by molar-refractivity contribution is 8.19. The highest BCUT2D eigenvalue weighted by Crippen LogP contribution is 2.41. The average Bonchev–Trinajstić information content (AvgIpc) is 3.11. The molecule has 34 heavy (non-hydrogen) atoms. The zero-order chi connectivity index (χ0) is 24.2. The van der Waals surface area contributed by atoms with Crippen LogP contribution in [-0.2, 0) is 11.4 Å². The molecule has 0 N–H and O–H groups in total. The number of ether oxygens (including phenoxy) is 3. The van der Waals surface area contributed by atoms with Crippen LogP contribution in [0, 0.1) is 5.82 Å². The smallest absolute Gasteiger partial charge is 0.298 e. The minimum atomic E-state index is -0.466. The minimum Gasteiger partial charge on any atom is -0.495 e. The molecule has 4 rings (SSSR count). The number of halogens is 2. The highest BCUT2D eigenvalue weighted by Gasteiger charge is 2.37. The number of para-hydroxylation sites is 2. The van der Waals surface area contributed by atoms with Crippen molar-refractivity contribution in [2.45, 2.75) is 6.61 Å². The van der Waals surface area contributed by atoms with Crippen molar-refractivity contribution >= 4 is 46.3 Å². The summed E-state index contributed by atoms with van der Waals surface area (Å²) in [7, 11) is 2.94. The molecule has 1 aliphatic heterocycles. The number of carbonyl (C=O) groups excluding carboxylic acids is 2. The van der Waals surface area contributed by atoms with Gasteiger partial charge in [-0.15, -0.1) is 0 Å². The van der Waals surface area contributed by atoms with Gasteiger partial charge in [-0.05, 0) is 65.4 Å². The Labute approximate surface area is 204 Å². The van der Waals surface area contributed by atoms with Gasteiger partial charge < -0.3 is 14.2 Å². The summed E-state index contributed by atoms with van der Waals surface area (Å²) in [5.74, 6) is 0.279. The Morgan fingerprint density at radius 3 is 2.41 bits per heavy atom. The van der Waals surface area contributed by atoms with Crippen LogP contribution in [0.2, 0.25) is 5.02 Å². The van der Waals surface area contributed by atoms with Crippen molar-refractivity contribution in [2.75, 3.05) is 19.1 Å². The lowest BCUT2D eigenvalue weighted by Crippen LogP contribution is -2.28. The van der Waals surface area contributed by atoms with Crippen LogP contribution in [0.5, 0.6) is 17.2 Å². The summed E-state index contributed by atoms with van der Waals surface area (Å²) < 4.78 is 29.6. The second-order valence-electron chi connectivity index (χ2n) is 7.14. The SMILES string of the molecule is COc1ccccc1N1C(=O)S/C(=C\c2cc(Cl)c(OCc3ccc(F)cc3)c(OC)c2)C1=O. The predicted molar refractivity (Wildman–Crippen MR) is 130 cm³/mol. The molecule has 2 amide bonds. The Morgan fingerprint density at radius 2 is 1.71 bits per heavy atom. The predicted octanol–water partition coefficient (Wildman–Crippen LogP) is 6.32. The van der Waals surface area contributed by atoms with Crippen LogP contribution in [0.3, 0.4) is 0 Å². The normalized spacial score (nSPS) is 14.6. The van der Waals surface area contributed by atoms with Crippen molar-refractivity contribution in [3.05, 3.63) is 87.5 Å². The van der Waals surface area contributed by atoms with E-state index in [1.54, 1.807) is 54.6 Å². The fourth-order valence-corrected chi connectivity index (χ4v) is 4.45. The minimum absolute atomic E-state index is 0.160. The van der Waals surface area contributed by atoms with Crippen molar-refractivity contribution in [2.24, 2.45) is 0 Å². The Morgan fingerprint density at radius 1 is 1.00 bits per heavy atom. The first-order valence-electron chi connectivity index (χ1n) is 10.1. The van der Waals surface area contributed by atoms with E-state index in [4.69, 9.17) is 25.8 Å². The largest absolute Gasteiger partial charge is 0.495 e. The zero-order valence-electron chi connectivity index (χ0n) is 18.2. The van der Waals surface area contributed by atoms with Crippen LogP contribution >= 0.6 is 23.4 Å². The van der Waals surface area contributed by atoms with E-state index in [1.807, 2.05) is 0 Å². The van der Waals surface area contributed by atoms with Crippen LogP contribution in [0.15, 0.2) is 65.6 Å².